The second kappa shape index (κ2) is 10.3. The first-order chi connectivity index (χ1) is 17.5. The van der Waals surface area contributed by atoms with Crippen LogP contribution in [0, 0.1) is 6.92 Å². The summed E-state index contributed by atoms with van der Waals surface area (Å²) in [6, 6.07) is 13.7. The third-order valence-electron chi connectivity index (χ3n) is 5.82. The fourth-order valence-electron chi connectivity index (χ4n) is 3.97. The van der Waals surface area contributed by atoms with Crippen molar-refractivity contribution in [3.63, 3.8) is 0 Å². The number of hydrogen-bond donors (Lipinski definition) is 3. The Kier molecular flexibility index (Phi) is 7.19. The minimum Gasteiger partial charge on any atom is -0.444 e. The van der Waals surface area contributed by atoms with E-state index in [1.165, 1.54) is 0 Å². The Hall–Kier alpha value is -4.34. The molecule has 1 amide bonds. The molecule has 10 nitrogen and oxygen atoms in total. The van der Waals surface area contributed by atoms with E-state index in [-0.39, 0.29) is 0 Å². The maximum atomic E-state index is 11.9. The minimum atomic E-state index is -0.533. The summed E-state index contributed by atoms with van der Waals surface area (Å²) in [4.78, 5) is 27.7. The lowest BCUT2D eigenvalue weighted by molar-refractivity contribution is 0.0529. The van der Waals surface area contributed by atoms with Crippen molar-refractivity contribution in [2.24, 2.45) is 7.05 Å². The summed E-state index contributed by atoms with van der Waals surface area (Å²) in [5, 5.41) is 6.06. The Labute approximate surface area is 216 Å². The zero-order valence-electron chi connectivity index (χ0n) is 22.2. The van der Waals surface area contributed by atoms with Gasteiger partial charge in [-0.25, -0.2) is 19.7 Å². The molecule has 0 spiro atoms. The van der Waals surface area contributed by atoms with Crippen molar-refractivity contribution in [1.82, 2.24) is 24.8 Å². The van der Waals surface area contributed by atoms with Crippen LogP contribution in [-0.4, -0.2) is 51.4 Å². The normalized spacial score (nSPS) is 11.4. The van der Waals surface area contributed by atoms with Crippen LogP contribution in [-0.2, 0) is 11.8 Å². The number of nitrogens with two attached hydrogens (primary N) is 1. The van der Waals surface area contributed by atoms with Gasteiger partial charge in [0.15, 0.2) is 5.82 Å². The summed E-state index contributed by atoms with van der Waals surface area (Å²) in [7, 11) is 3.90. The van der Waals surface area contributed by atoms with Gasteiger partial charge in [0.05, 0.1) is 22.4 Å². The number of nitrogens with one attached hydrogen (secondary N) is 2. The van der Waals surface area contributed by atoms with Crippen LogP contribution in [0.2, 0.25) is 0 Å². The number of nitrogens with zero attached hydrogens (tertiary/aromatic N) is 5. The Morgan fingerprint density at radius 1 is 1.16 bits per heavy atom. The number of carbonyl (C=O) groups excluding carboxylic acids is 1. The molecule has 0 aliphatic rings. The fraction of sp³-hybridized carbons (Fsp3) is 0.333. The van der Waals surface area contributed by atoms with Crippen LogP contribution in [0.4, 0.5) is 27.8 Å². The molecule has 4 N–H and O–H groups in total. The topological polar surface area (TPSA) is 123 Å². The van der Waals surface area contributed by atoms with Crippen molar-refractivity contribution in [3.05, 3.63) is 54.2 Å². The summed E-state index contributed by atoms with van der Waals surface area (Å²) in [5.41, 5.74) is 11.8. The Morgan fingerprint density at radius 2 is 1.92 bits per heavy atom. The molecule has 0 bridgehead atoms. The highest BCUT2D eigenvalue weighted by Crippen LogP contribution is 2.31. The van der Waals surface area contributed by atoms with E-state index in [1.807, 2.05) is 93.7 Å². The quantitative estimate of drug-likeness (QED) is 0.313. The van der Waals surface area contributed by atoms with Crippen LogP contribution in [0.3, 0.4) is 0 Å². The van der Waals surface area contributed by atoms with E-state index < -0.39 is 11.7 Å². The highest BCUT2D eigenvalue weighted by atomic mass is 16.6. The van der Waals surface area contributed by atoms with E-state index in [4.69, 9.17) is 20.4 Å². The number of amides is 1. The Bertz CT molecular complexity index is 1420. The van der Waals surface area contributed by atoms with Crippen molar-refractivity contribution in [2.45, 2.75) is 33.3 Å². The maximum Gasteiger partial charge on any atom is 0.407 e. The van der Waals surface area contributed by atoms with Gasteiger partial charge in [0.2, 0.25) is 5.95 Å². The lowest BCUT2D eigenvalue weighted by Gasteiger charge is -2.24. The van der Waals surface area contributed by atoms with Gasteiger partial charge < -0.3 is 30.6 Å². The maximum absolute atomic E-state index is 11.9. The van der Waals surface area contributed by atoms with E-state index in [2.05, 4.69) is 15.6 Å². The van der Waals surface area contributed by atoms with Gasteiger partial charge in [-0.3, -0.25) is 0 Å². The summed E-state index contributed by atoms with van der Waals surface area (Å²) < 4.78 is 7.30. The summed E-state index contributed by atoms with van der Waals surface area (Å²) in [6.45, 7) is 8.48. The number of aromatic nitrogens is 4. The number of carbonyl (C=O) groups is 1. The van der Waals surface area contributed by atoms with E-state index in [0.29, 0.717) is 24.7 Å². The Morgan fingerprint density at radius 3 is 2.65 bits per heavy atom. The number of rotatable bonds is 7. The van der Waals surface area contributed by atoms with Gasteiger partial charge >= 0.3 is 6.09 Å². The van der Waals surface area contributed by atoms with Crippen molar-refractivity contribution in [2.75, 3.05) is 36.1 Å². The number of imidazole rings is 1. The predicted octanol–water partition coefficient (Wildman–Crippen LogP) is 4.63. The molecule has 4 rings (SSSR count). The van der Waals surface area contributed by atoms with Gasteiger partial charge in [-0.2, -0.15) is 0 Å². The van der Waals surface area contributed by atoms with Crippen LogP contribution in [0.15, 0.2) is 48.7 Å². The molecular weight excluding hydrogens is 468 g/mol. The van der Waals surface area contributed by atoms with Gasteiger partial charge in [-0.1, -0.05) is 12.1 Å². The fourth-order valence-corrected chi connectivity index (χ4v) is 3.97. The van der Waals surface area contributed by atoms with E-state index in [1.54, 1.807) is 6.20 Å². The van der Waals surface area contributed by atoms with Crippen LogP contribution in [0.25, 0.3) is 22.6 Å². The van der Waals surface area contributed by atoms with E-state index in [0.717, 1.165) is 39.5 Å². The lowest BCUT2D eigenvalue weighted by atomic mass is 10.1. The van der Waals surface area contributed by atoms with Crippen molar-refractivity contribution in [3.8, 4) is 11.5 Å². The van der Waals surface area contributed by atoms with Crippen LogP contribution in [0.5, 0.6) is 0 Å². The van der Waals surface area contributed by atoms with Crippen LogP contribution < -0.4 is 21.3 Å². The molecule has 0 aliphatic carbocycles. The predicted molar refractivity (Wildman–Crippen MR) is 148 cm³/mol. The second-order valence-electron chi connectivity index (χ2n) is 9.95. The molecule has 10 heteroatoms. The van der Waals surface area contributed by atoms with Crippen molar-refractivity contribution >= 4 is 40.1 Å². The number of para-hydroxylation sites is 2. The Balaban J connectivity index is 1.46. The monoisotopic (exact) mass is 502 g/mol. The first-order valence-corrected chi connectivity index (χ1v) is 12.1. The zero-order valence-corrected chi connectivity index (χ0v) is 22.2. The van der Waals surface area contributed by atoms with Gasteiger partial charge in [-0.15, -0.1) is 0 Å². The average molecular weight is 503 g/mol. The van der Waals surface area contributed by atoms with E-state index in [9.17, 15) is 4.79 Å². The number of nitrogen functional groups attached to an aromatic ring is 1. The smallest absolute Gasteiger partial charge is 0.407 e. The third-order valence-corrected chi connectivity index (χ3v) is 5.82. The molecule has 2 aromatic heterocycles. The number of benzene rings is 2. The third kappa shape index (κ3) is 6.08. The molecule has 0 unspecified atom stereocenters. The number of fused-ring (bicyclic) bond motifs is 1. The first kappa shape index (κ1) is 25.7. The SMILES string of the molecule is Cc1cc(N(C)CCNC(=O)OC(C)(C)C)c(N)cc1Nc1nccc(-c2nc3ccccc3n2C)n1. The van der Waals surface area contributed by atoms with E-state index >= 15 is 0 Å². The van der Waals surface area contributed by atoms with Crippen molar-refractivity contribution < 1.29 is 9.53 Å². The molecule has 37 heavy (non-hydrogen) atoms. The highest BCUT2D eigenvalue weighted by molar-refractivity contribution is 5.80. The van der Waals surface area contributed by atoms with Gasteiger partial charge in [-0.05, 0) is 63.6 Å². The molecular formula is C27H34N8O2. The van der Waals surface area contributed by atoms with Crippen LogP contribution in [0.1, 0.15) is 26.3 Å². The molecule has 0 saturated carbocycles. The summed E-state index contributed by atoms with van der Waals surface area (Å²) >= 11 is 0. The average Bonchev–Trinajstić information content (AvgIpc) is 3.17. The van der Waals surface area contributed by atoms with Gasteiger partial charge in [0.1, 0.15) is 11.3 Å². The molecule has 2 aromatic carbocycles. The minimum absolute atomic E-state index is 0.423. The second-order valence-corrected chi connectivity index (χ2v) is 9.95. The van der Waals surface area contributed by atoms with Crippen LogP contribution >= 0.6 is 0 Å². The highest BCUT2D eigenvalue weighted by Gasteiger charge is 2.17. The number of likely N-dealkylation sites (N-methyl/N-ethyl adjacent to an activating group) is 1. The first-order valence-electron chi connectivity index (χ1n) is 12.1. The number of hydrogen-bond acceptors (Lipinski definition) is 8. The molecule has 0 radical (unpaired) electrons. The standard InChI is InChI=1S/C27H34N8O2/c1-17-15-23(34(5)14-13-30-26(36)37-27(2,3)4)18(28)16-21(17)33-25-29-12-11-20(32-25)24-31-19-9-7-8-10-22(19)35(24)6/h7-12,15-16H,13-14,28H2,1-6H3,(H,30,36)(H,29,32,33). The number of aryl methyl sites for hydroxylation is 2. The molecule has 4 aromatic rings. The molecule has 0 aliphatic heterocycles. The summed E-state index contributed by atoms with van der Waals surface area (Å²) in [6.07, 6.45) is 1.27. The lowest BCUT2D eigenvalue weighted by Crippen LogP contribution is -2.37. The number of anilines is 4. The molecule has 0 fully saturated rings. The number of alkyl carbamates (subject to hydrolysis) is 1. The molecule has 194 valence electrons. The van der Waals surface area contributed by atoms with Gasteiger partial charge in [0, 0.05) is 39.1 Å². The zero-order chi connectivity index (χ0) is 26.7. The molecule has 2 heterocycles. The molecule has 0 saturated heterocycles. The van der Waals surface area contributed by atoms with Gasteiger partial charge in [0.25, 0.3) is 0 Å². The van der Waals surface area contributed by atoms with Crippen molar-refractivity contribution in [1.29, 1.82) is 0 Å². The molecule has 0 atom stereocenters. The largest absolute Gasteiger partial charge is 0.444 e. The summed E-state index contributed by atoms with van der Waals surface area (Å²) in [5.74, 6) is 1.22. The number of ether oxygens (including phenoxy) is 1.